The first-order valence-electron chi connectivity index (χ1n) is 13.1. The fourth-order valence-electron chi connectivity index (χ4n) is 5.06. The van der Waals surface area contributed by atoms with Crippen LogP contribution in [0.2, 0.25) is 0 Å². The summed E-state index contributed by atoms with van der Waals surface area (Å²) in [5.41, 5.74) is 4.67. The molecule has 1 aromatic carbocycles. The topological polar surface area (TPSA) is 91.4 Å². The van der Waals surface area contributed by atoms with Crippen LogP contribution < -0.4 is 20.7 Å². The SMILES string of the molecule is CN1CCCCC1COc1cc(CNc2ncccc2C(=O)Nc2ccc3c(c2)NCC3(C)C)ccn1. The van der Waals surface area contributed by atoms with E-state index in [1.165, 1.54) is 18.4 Å². The first kappa shape index (κ1) is 25.0. The number of benzene rings is 1. The molecule has 1 amide bonds. The molecule has 0 bridgehead atoms. The average Bonchev–Trinajstić information content (AvgIpc) is 3.21. The van der Waals surface area contributed by atoms with Crippen molar-refractivity contribution in [2.75, 3.05) is 42.7 Å². The van der Waals surface area contributed by atoms with E-state index in [2.05, 4.69) is 57.8 Å². The van der Waals surface area contributed by atoms with Crippen LogP contribution in [-0.4, -0.2) is 53.6 Å². The molecule has 1 unspecified atom stereocenters. The van der Waals surface area contributed by atoms with E-state index < -0.39 is 0 Å². The second-order valence-electron chi connectivity index (χ2n) is 10.6. The van der Waals surface area contributed by atoms with Gasteiger partial charge in [0.15, 0.2) is 0 Å². The van der Waals surface area contributed by atoms with Gasteiger partial charge in [-0.25, -0.2) is 9.97 Å². The Hall–Kier alpha value is -3.65. The number of hydrogen-bond donors (Lipinski definition) is 3. The number of nitrogens with zero attached hydrogens (tertiary/aromatic N) is 3. The zero-order valence-corrected chi connectivity index (χ0v) is 21.9. The standard InChI is InChI=1S/C29H36N6O2/c1-29(2)19-33-25-16-21(9-10-24(25)29)34-28(36)23-8-6-12-31-27(23)32-17-20-11-13-30-26(15-20)37-18-22-7-4-5-14-35(22)3/h6,8-13,15-16,22,33H,4-5,7,14,17-19H2,1-3H3,(H,31,32)(H,34,36). The summed E-state index contributed by atoms with van der Waals surface area (Å²) in [7, 11) is 2.16. The van der Waals surface area contributed by atoms with Crippen LogP contribution in [0.3, 0.4) is 0 Å². The van der Waals surface area contributed by atoms with Crippen molar-refractivity contribution in [3.8, 4) is 5.88 Å². The summed E-state index contributed by atoms with van der Waals surface area (Å²) >= 11 is 0. The van der Waals surface area contributed by atoms with Gasteiger partial charge < -0.3 is 25.6 Å². The highest BCUT2D eigenvalue weighted by molar-refractivity contribution is 6.07. The van der Waals surface area contributed by atoms with E-state index in [1.807, 2.05) is 24.3 Å². The van der Waals surface area contributed by atoms with Crippen molar-refractivity contribution < 1.29 is 9.53 Å². The predicted molar refractivity (Wildman–Crippen MR) is 147 cm³/mol. The lowest BCUT2D eigenvalue weighted by molar-refractivity contribution is 0.102. The number of likely N-dealkylation sites (tertiary alicyclic amines) is 1. The van der Waals surface area contributed by atoms with Gasteiger partial charge in [0.2, 0.25) is 5.88 Å². The van der Waals surface area contributed by atoms with Crippen molar-refractivity contribution in [2.24, 2.45) is 0 Å². The zero-order valence-electron chi connectivity index (χ0n) is 21.9. The second kappa shape index (κ2) is 10.8. The quantitative estimate of drug-likeness (QED) is 0.405. The number of carbonyl (C=O) groups excluding carboxylic acids is 1. The summed E-state index contributed by atoms with van der Waals surface area (Å²) in [6.07, 6.45) is 7.09. The lowest BCUT2D eigenvalue weighted by atomic mass is 9.87. The normalized spacial score (nSPS) is 18.5. The number of ether oxygens (including phenoxy) is 1. The number of hydrogen-bond acceptors (Lipinski definition) is 7. The molecule has 1 atom stereocenters. The molecule has 0 radical (unpaired) electrons. The molecule has 1 fully saturated rings. The predicted octanol–water partition coefficient (Wildman–Crippen LogP) is 4.91. The minimum atomic E-state index is -0.205. The van der Waals surface area contributed by atoms with Gasteiger partial charge in [-0.15, -0.1) is 0 Å². The van der Waals surface area contributed by atoms with E-state index in [1.54, 1.807) is 24.5 Å². The van der Waals surface area contributed by atoms with E-state index in [0.29, 0.717) is 36.5 Å². The van der Waals surface area contributed by atoms with E-state index in [-0.39, 0.29) is 11.3 Å². The van der Waals surface area contributed by atoms with Gasteiger partial charge in [-0.1, -0.05) is 26.3 Å². The van der Waals surface area contributed by atoms with Crippen molar-refractivity contribution in [1.82, 2.24) is 14.9 Å². The molecule has 5 rings (SSSR count). The van der Waals surface area contributed by atoms with Crippen LogP contribution in [0.5, 0.6) is 5.88 Å². The molecule has 37 heavy (non-hydrogen) atoms. The fraction of sp³-hybridized carbons (Fsp3) is 0.414. The molecule has 3 aromatic rings. The number of rotatable bonds is 8. The van der Waals surface area contributed by atoms with Gasteiger partial charge in [0.25, 0.3) is 5.91 Å². The van der Waals surface area contributed by atoms with Crippen LogP contribution in [0, 0.1) is 0 Å². The largest absolute Gasteiger partial charge is 0.476 e. The van der Waals surface area contributed by atoms with E-state index in [9.17, 15) is 4.79 Å². The summed E-state index contributed by atoms with van der Waals surface area (Å²) < 4.78 is 6.02. The summed E-state index contributed by atoms with van der Waals surface area (Å²) in [6.45, 7) is 7.57. The Bertz CT molecular complexity index is 1260. The fourth-order valence-corrected chi connectivity index (χ4v) is 5.06. The average molecular weight is 501 g/mol. The zero-order chi connectivity index (χ0) is 25.8. The highest BCUT2D eigenvalue weighted by Gasteiger charge is 2.29. The maximum Gasteiger partial charge on any atom is 0.259 e. The minimum absolute atomic E-state index is 0.0857. The van der Waals surface area contributed by atoms with Crippen LogP contribution in [0.4, 0.5) is 17.2 Å². The van der Waals surface area contributed by atoms with Gasteiger partial charge in [-0.05, 0) is 67.9 Å². The molecule has 2 aliphatic rings. The molecular formula is C29H36N6O2. The van der Waals surface area contributed by atoms with Gasteiger partial charge >= 0.3 is 0 Å². The van der Waals surface area contributed by atoms with Crippen LogP contribution >= 0.6 is 0 Å². The molecule has 0 aliphatic carbocycles. The Morgan fingerprint density at radius 2 is 2.05 bits per heavy atom. The summed E-state index contributed by atoms with van der Waals surface area (Å²) in [5.74, 6) is 0.942. The van der Waals surface area contributed by atoms with Crippen molar-refractivity contribution in [3.05, 3.63) is 71.5 Å². The monoisotopic (exact) mass is 500 g/mol. The summed E-state index contributed by atoms with van der Waals surface area (Å²) in [5, 5.41) is 9.77. The number of piperidine rings is 1. The molecule has 1 saturated heterocycles. The van der Waals surface area contributed by atoms with Crippen molar-refractivity contribution in [1.29, 1.82) is 0 Å². The lowest BCUT2D eigenvalue weighted by Crippen LogP contribution is -2.40. The first-order valence-corrected chi connectivity index (χ1v) is 13.1. The maximum absolute atomic E-state index is 13.1. The van der Waals surface area contributed by atoms with Crippen molar-refractivity contribution in [3.63, 3.8) is 0 Å². The molecule has 194 valence electrons. The number of nitrogens with one attached hydrogen (secondary N) is 3. The van der Waals surface area contributed by atoms with Gasteiger partial charge in [0, 0.05) is 54.4 Å². The molecule has 3 N–H and O–H groups in total. The number of amides is 1. The Labute approximate surface area is 218 Å². The molecule has 0 spiro atoms. The van der Waals surface area contributed by atoms with Crippen molar-refractivity contribution in [2.45, 2.75) is 51.1 Å². The third kappa shape index (κ3) is 5.85. The van der Waals surface area contributed by atoms with Gasteiger partial charge in [0.1, 0.15) is 12.4 Å². The van der Waals surface area contributed by atoms with E-state index >= 15 is 0 Å². The third-order valence-electron chi connectivity index (χ3n) is 7.38. The van der Waals surface area contributed by atoms with Crippen LogP contribution in [0.15, 0.2) is 54.9 Å². The second-order valence-corrected chi connectivity index (χ2v) is 10.6. The highest BCUT2D eigenvalue weighted by atomic mass is 16.5. The smallest absolute Gasteiger partial charge is 0.259 e. The molecular weight excluding hydrogens is 464 g/mol. The van der Waals surface area contributed by atoms with Crippen molar-refractivity contribution >= 4 is 23.1 Å². The van der Waals surface area contributed by atoms with E-state index in [0.717, 1.165) is 36.4 Å². The Morgan fingerprint density at radius 3 is 2.92 bits per heavy atom. The van der Waals surface area contributed by atoms with Crippen LogP contribution in [0.1, 0.15) is 54.6 Å². The number of likely N-dealkylation sites (N-methyl/N-ethyl adjacent to an activating group) is 1. The van der Waals surface area contributed by atoms with Gasteiger partial charge in [-0.2, -0.15) is 0 Å². The summed E-state index contributed by atoms with van der Waals surface area (Å²) in [4.78, 5) is 24.3. The number of fused-ring (bicyclic) bond motifs is 1. The lowest BCUT2D eigenvalue weighted by Gasteiger charge is -2.31. The Kier molecular flexibility index (Phi) is 7.28. The highest BCUT2D eigenvalue weighted by Crippen LogP contribution is 2.37. The molecule has 2 aromatic heterocycles. The summed E-state index contributed by atoms with van der Waals surface area (Å²) in [6, 6.07) is 13.9. The number of anilines is 3. The number of carbonyl (C=O) groups is 1. The first-order chi connectivity index (χ1) is 17.9. The molecule has 0 saturated carbocycles. The van der Waals surface area contributed by atoms with Gasteiger partial charge in [0.05, 0.1) is 5.56 Å². The third-order valence-corrected chi connectivity index (χ3v) is 7.38. The van der Waals surface area contributed by atoms with Crippen LogP contribution in [-0.2, 0) is 12.0 Å². The molecule has 8 nitrogen and oxygen atoms in total. The maximum atomic E-state index is 13.1. The Morgan fingerprint density at radius 1 is 1.16 bits per heavy atom. The molecule has 2 aliphatic heterocycles. The van der Waals surface area contributed by atoms with E-state index in [4.69, 9.17) is 4.74 Å². The number of pyridine rings is 2. The van der Waals surface area contributed by atoms with Gasteiger partial charge in [-0.3, -0.25) is 4.79 Å². The molecule has 4 heterocycles. The molecule has 8 heteroatoms. The number of aromatic nitrogens is 2. The minimum Gasteiger partial charge on any atom is -0.476 e. The van der Waals surface area contributed by atoms with Crippen LogP contribution in [0.25, 0.3) is 0 Å². The Balaban J connectivity index is 1.21.